The first-order valence-corrected chi connectivity index (χ1v) is 15.3. The molecule has 3 nitrogen and oxygen atoms in total. The minimum Gasteiger partial charge on any atom is -0.455 e. The molecule has 210 valence electrons. The summed E-state index contributed by atoms with van der Waals surface area (Å²) in [6, 6.07) is 53.4. The minimum absolute atomic E-state index is 0.888. The molecule has 0 amide bonds. The van der Waals surface area contributed by atoms with Gasteiger partial charge in [-0.1, -0.05) is 109 Å². The van der Waals surface area contributed by atoms with E-state index in [2.05, 4.69) is 156 Å². The molecule has 0 N–H and O–H groups in total. The quantitative estimate of drug-likeness (QED) is 0.210. The summed E-state index contributed by atoms with van der Waals surface area (Å²) in [5.74, 6) is 0. The Bertz CT molecular complexity index is 2760. The first kappa shape index (κ1) is 24.4. The van der Waals surface area contributed by atoms with Gasteiger partial charge in [-0.3, -0.25) is 0 Å². The fourth-order valence-electron chi connectivity index (χ4n) is 7.28. The smallest absolute Gasteiger partial charge is 0.161 e. The zero-order chi connectivity index (χ0) is 29.5. The van der Waals surface area contributed by atoms with Crippen LogP contribution in [0.4, 0.5) is 0 Å². The van der Waals surface area contributed by atoms with Crippen molar-refractivity contribution >= 4 is 65.7 Å². The van der Waals surface area contributed by atoms with Crippen LogP contribution in [0.3, 0.4) is 0 Å². The highest BCUT2D eigenvalue weighted by atomic mass is 16.3. The molecular formula is C42H25NO2. The summed E-state index contributed by atoms with van der Waals surface area (Å²) in [5, 5.41) is 6.76. The van der Waals surface area contributed by atoms with Gasteiger partial charge in [-0.05, 0) is 64.5 Å². The largest absolute Gasteiger partial charge is 0.455 e. The zero-order valence-corrected chi connectivity index (χ0v) is 24.2. The van der Waals surface area contributed by atoms with Gasteiger partial charge < -0.3 is 13.4 Å². The molecule has 0 bridgehead atoms. The van der Waals surface area contributed by atoms with Crippen LogP contribution in [0.2, 0.25) is 0 Å². The Kier molecular flexibility index (Phi) is 5.00. The van der Waals surface area contributed by atoms with Crippen molar-refractivity contribution in [2.24, 2.45) is 0 Å². The molecule has 3 heterocycles. The first-order valence-electron chi connectivity index (χ1n) is 15.3. The number of nitrogens with zero attached hydrogens (tertiary/aromatic N) is 1. The lowest BCUT2D eigenvalue weighted by atomic mass is 9.91. The van der Waals surface area contributed by atoms with Gasteiger partial charge in [-0.2, -0.15) is 0 Å². The molecule has 0 atom stereocenters. The summed E-state index contributed by atoms with van der Waals surface area (Å²) in [4.78, 5) is 0. The fraction of sp³-hybridized carbons (Fsp3) is 0. The fourth-order valence-corrected chi connectivity index (χ4v) is 7.28. The second-order valence-electron chi connectivity index (χ2n) is 11.6. The van der Waals surface area contributed by atoms with Crippen molar-refractivity contribution in [3.8, 4) is 27.9 Å². The van der Waals surface area contributed by atoms with Gasteiger partial charge >= 0.3 is 0 Å². The van der Waals surface area contributed by atoms with Gasteiger partial charge in [-0.25, -0.2) is 0 Å². The van der Waals surface area contributed by atoms with Crippen LogP contribution in [0.5, 0.6) is 0 Å². The number of hydrogen-bond acceptors (Lipinski definition) is 2. The number of aromatic nitrogens is 1. The van der Waals surface area contributed by atoms with E-state index in [4.69, 9.17) is 8.83 Å². The molecule has 10 rings (SSSR count). The summed E-state index contributed by atoms with van der Waals surface area (Å²) < 4.78 is 15.8. The number of hydrogen-bond donors (Lipinski definition) is 0. The van der Waals surface area contributed by atoms with Crippen molar-refractivity contribution in [3.05, 3.63) is 152 Å². The average molecular weight is 576 g/mol. The SMILES string of the molecule is c1ccc(-n2c3ccccc3c3oc4c(-c5ccccc5-c5cccc6oc7c8ccccc8ccc7c56)cccc4c32)cc1. The maximum absolute atomic E-state index is 6.90. The third kappa shape index (κ3) is 3.41. The summed E-state index contributed by atoms with van der Waals surface area (Å²) in [6.45, 7) is 0. The van der Waals surface area contributed by atoms with Crippen LogP contribution in [-0.4, -0.2) is 4.57 Å². The normalized spacial score (nSPS) is 12.0. The number of furan rings is 2. The number of fused-ring (bicyclic) bond motifs is 10. The predicted molar refractivity (Wildman–Crippen MR) is 186 cm³/mol. The van der Waals surface area contributed by atoms with E-state index in [9.17, 15) is 0 Å². The first-order chi connectivity index (χ1) is 22.3. The van der Waals surface area contributed by atoms with Crippen LogP contribution in [0.15, 0.2) is 160 Å². The van der Waals surface area contributed by atoms with E-state index in [0.717, 1.165) is 88.2 Å². The molecule has 0 aliphatic rings. The minimum atomic E-state index is 0.888. The summed E-state index contributed by atoms with van der Waals surface area (Å²) in [7, 11) is 0. The molecule has 0 radical (unpaired) electrons. The Morgan fingerprint density at radius 1 is 0.378 bits per heavy atom. The lowest BCUT2D eigenvalue weighted by Crippen LogP contribution is -1.93. The van der Waals surface area contributed by atoms with Gasteiger partial charge in [0.2, 0.25) is 0 Å². The van der Waals surface area contributed by atoms with Crippen molar-refractivity contribution in [3.63, 3.8) is 0 Å². The molecule has 0 saturated heterocycles. The molecule has 0 aliphatic heterocycles. The van der Waals surface area contributed by atoms with E-state index in [0.29, 0.717) is 0 Å². The third-order valence-corrected chi connectivity index (χ3v) is 9.21. The molecule has 45 heavy (non-hydrogen) atoms. The van der Waals surface area contributed by atoms with E-state index in [-0.39, 0.29) is 0 Å². The summed E-state index contributed by atoms with van der Waals surface area (Å²) >= 11 is 0. The van der Waals surface area contributed by atoms with Crippen molar-refractivity contribution in [1.82, 2.24) is 4.57 Å². The highest BCUT2D eigenvalue weighted by Crippen LogP contribution is 2.46. The lowest BCUT2D eigenvalue weighted by molar-refractivity contribution is 0.672. The predicted octanol–water partition coefficient (Wildman–Crippen LogP) is 11.9. The van der Waals surface area contributed by atoms with Crippen LogP contribution in [0.25, 0.3) is 93.6 Å². The van der Waals surface area contributed by atoms with E-state index in [1.807, 2.05) is 0 Å². The Morgan fingerprint density at radius 2 is 1.04 bits per heavy atom. The monoisotopic (exact) mass is 575 g/mol. The molecule has 0 spiro atoms. The van der Waals surface area contributed by atoms with Crippen molar-refractivity contribution < 1.29 is 8.83 Å². The highest BCUT2D eigenvalue weighted by Gasteiger charge is 2.23. The molecule has 0 saturated carbocycles. The molecule has 7 aromatic carbocycles. The van der Waals surface area contributed by atoms with Crippen molar-refractivity contribution in [1.29, 1.82) is 0 Å². The number of rotatable bonds is 3. The molecule has 0 aliphatic carbocycles. The van der Waals surface area contributed by atoms with E-state index in [1.165, 1.54) is 5.39 Å². The molecule has 0 fully saturated rings. The zero-order valence-electron chi connectivity index (χ0n) is 24.2. The van der Waals surface area contributed by atoms with Crippen LogP contribution in [-0.2, 0) is 0 Å². The molecule has 3 heteroatoms. The van der Waals surface area contributed by atoms with Gasteiger partial charge in [-0.15, -0.1) is 0 Å². The maximum atomic E-state index is 6.90. The molecular weight excluding hydrogens is 550 g/mol. The van der Waals surface area contributed by atoms with E-state index < -0.39 is 0 Å². The van der Waals surface area contributed by atoms with Gasteiger partial charge in [0.15, 0.2) is 5.58 Å². The number of para-hydroxylation sites is 3. The second kappa shape index (κ2) is 9.22. The topological polar surface area (TPSA) is 31.2 Å². The van der Waals surface area contributed by atoms with Crippen molar-refractivity contribution in [2.45, 2.75) is 0 Å². The van der Waals surface area contributed by atoms with E-state index in [1.54, 1.807) is 0 Å². The third-order valence-electron chi connectivity index (χ3n) is 9.21. The molecule has 3 aromatic heterocycles. The van der Waals surface area contributed by atoms with Gasteiger partial charge in [0.05, 0.1) is 5.52 Å². The van der Waals surface area contributed by atoms with Crippen molar-refractivity contribution in [2.75, 3.05) is 0 Å². The summed E-state index contributed by atoms with van der Waals surface area (Å²) in [6.07, 6.45) is 0. The Labute approximate surface area is 258 Å². The van der Waals surface area contributed by atoms with Crippen LogP contribution in [0, 0.1) is 0 Å². The standard InChI is InChI=1S/C42H25NO2/c1-2-13-27(14-3-1)43-36-22-9-8-18-33(36)42-39(43)35-21-10-20-32(41(35)45-42)30-17-7-6-16-29(30)31-19-11-23-37-38(31)34-25-24-26-12-4-5-15-28(26)40(34)44-37/h1-25H. The van der Waals surface area contributed by atoms with Gasteiger partial charge in [0.1, 0.15) is 22.3 Å². The average Bonchev–Trinajstić information content (AvgIpc) is 3.78. The highest BCUT2D eigenvalue weighted by molar-refractivity contribution is 6.21. The molecule has 0 unspecified atom stereocenters. The van der Waals surface area contributed by atoms with E-state index >= 15 is 0 Å². The number of benzene rings is 7. The maximum Gasteiger partial charge on any atom is 0.161 e. The van der Waals surface area contributed by atoms with Crippen LogP contribution < -0.4 is 0 Å². The summed E-state index contributed by atoms with van der Waals surface area (Å²) in [5.41, 5.74) is 11.4. The van der Waals surface area contributed by atoms with Gasteiger partial charge in [0, 0.05) is 38.2 Å². The lowest BCUT2D eigenvalue weighted by Gasteiger charge is -2.12. The van der Waals surface area contributed by atoms with Crippen LogP contribution >= 0.6 is 0 Å². The Morgan fingerprint density at radius 3 is 1.93 bits per heavy atom. The van der Waals surface area contributed by atoms with Crippen LogP contribution in [0.1, 0.15) is 0 Å². The second-order valence-corrected chi connectivity index (χ2v) is 11.6. The van der Waals surface area contributed by atoms with Gasteiger partial charge in [0.25, 0.3) is 0 Å². The Hall–Kier alpha value is -6.06. The Balaban J connectivity index is 1.27. The molecule has 10 aromatic rings.